The highest BCUT2D eigenvalue weighted by Gasteiger charge is 2.40. The van der Waals surface area contributed by atoms with Crippen LogP contribution in [-0.2, 0) is 9.53 Å². The molecule has 0 aliphatic heterocycles. The van der Waals surface area contributed by atoms with E-state index in [1.807, 2.05) is 6.07 Å². The number of aliphatic hydroxyl groups is 3. The summed E-state index contributed by atoms with van der Waals surface area (Å²) < 4.78 is 17.9. The Morgan fingerprint density at radius 2 is 1.87 bits per heavy atom. The van der Waals surface area contributed by atoms with Gasteiger partial charge in [0.15, 0.2) is 0 Å². The van der Waals surface area contributed by atoms with Crippen molar-refractivity contribution in [2.75, 3.05) is 12.9 Å². The number of halogens is 1. The summed E-state index contributed by atoms with van der Waals surface area (Å²) in [7, 11) is 1.40. The number of hydrogen-bond acceptors (Lipinski definition) is 6. The van der Waals surface area contributed by atoms with Crippen LogP contribution in [0.5, 0.6) is 0 Å². The summed E-state index contributed by atoms with van der Waals surface area (Å²) in [4.78, 5) is 11.9. The maximum absolute atomic E-state index is 13.2. The second-order valence-corrected chi connectivity index (χ2v) is 9.32. The molecule has 0 saturated heterocycles. The lowest BCUT2D eigenvalue weighted by molar-refractivity contribution is -0.140. The van der Waals surface area contributed by atoms with Crippen molar-refractivity contribution in [1.29, 1.82) is 0 Å². The molecule has 170 valence electrons. The second kappa shape index (κ2) is 13.3. The molecule has 1 unspecified atom stereocenters. The number of carbonyl (C=O) groups is 1. The molecule has 0 radical (unpaired) electrons. The largest absolute Gasteiger partial charge is 0.469 e. The average Bonchev–Trinajstić information content (AvgIpc) is 2.99. The first-order valence-corrected chi connectivity index (χ1v) is 11.9. The first-order chi connectivity index (χ1) is 14.4. The molecule has 0 aromatic heterocycles. The van der Waals surface area contributed by atoms with Crippen LogP contribution in [0.4, 0.5) is 4.39 Å². The fraction of sp³-hybridized carbons (Fsp3) is 0.696. The summed E-state index contributed by atoms with van der Waals surface area (Å²) in [5, 5.41) is 31.0. The highest BCUT2D eigenvalue weighted by molar-refractivity contribution is 7.99. The summed E-state index contributed by atoms with van der Waals surface area (Å²) >= 11 is 1.42. The Balaban J connectivity index is 1.69. The number of unbranched alkanes of at least 4 members (excludes halogenated alkanes) is 3. The van der Waals surface area contributed by atoms with E-state index < -0.39 is 18.3 Å². The minimum atomic E-state index is -0.540. The molecule has 2 rings (SSSR count). The molecule has 1 fully saturated rings. The quantitative estimate of drug-likeness (QED) is 0.244. The van der Waals surface area contributed by atoms with Crippen molar-refractivity contribution in [3.63, 3.8) is 0 Å². The van der Waals surface area contributed by atoms with Gasteiger partial charge in [-0.05, 0) is 62.1 Å². The third-order valence-corrected chi connectivity index (χ3v) is 7.13. The van der Waals surface area contributed by atoms with Crippen molar-refractivity contribution in [2.24, 2.45) is 11.8 Å². The lowest BCUT2D eigenvalue weighted by atomic mass is 9.85. The topological polar surface area (TPSA) is 87.0 Å². The number of rotatable bonds is 13. The average molecular weight is 443 g/mol. The number of aliphatic hydroxyl groups excluding tert-OH is 3. The van der Waals surface area contributed by atoms with Gasteiger partial charge in [0.2, 0.25) is 0 Å². The summed E-state index contributed by atoms with van der Waals surface area (Å²) in [5.41, 5.74) is 0. The Hall–Kier alpha value is -1.15. The fourth-order valence-corrected chi connectivity index (χ4v) is 5.23. The summed E-state index contributed by atoms with van der Waals surface area (Å²) in [6, 6.07) is 6.32. The van der Waals surface area contributed by atoms with Crippen molar-refractivity contribution < 1.29 is 29.2 Å². The van der Waals surface area contributed by atoms with E-state index in [4.69, 9.17) is 0 Å². The lowest BCUT2D eigenvalue weighted by Crippen LogP contribution is -2.24. The minimum Gasteiger partial charge on any atom is -0.469 e. The molecule has 30 heavy (non-hydrogen) atoms. The van der Waals surface area contributed by atoms with Gasteiger partial charge >= 0.3 is 5.97 Å². The number of ether oxygens (including phenoxy) is 1. The van der Waals surface area contributed by atoms with Crippen molar-refractivity contribution >= 4 is 17.7 Å². The van der Waals surface area contributed by atoms with Crippen molar-refractivity contribution in [3.8, 4) is 0 Å². The molecule has 1 aromatic rings. The molecular weight excluding hydrogens is 407 g/mol. The Morgan fingerprint density at radius 3 is 2.57 bits per heavy atom. The summed E-state index contributed by atoms with van der Waals surface area (Å²) in [6.45, 7) is 0. The van der Waals surface area contributed by atoms with Crippen LogP contribution in [-0.4, -0.2) is 52.5 Å². The van der Waals surface area contributed by atoms with E-state index in [0.29, 0.717) is 31.4 Å². The first kappa shape index (κ1) is 25.1. The van der Waals surface area contributed by atoms with Gasteiger partial charge in [0.1, 0.15) is 5.82 Å². The Morgan fingerprint density at radius 1 is 1.17 bits per heavy atom. The standard InChI is InChI=1S/C23H35FO5S/c1-29-23(28)10-5-3-2-4-9-19-20(22(27)14-21(19)26)12-11-17(25)15-30-18-8-6-7-16(24)13-18/h6-8,13,17,19-22,25-27H,2-5,9-12,14-15H2,1H3/t17?,19-,20-,21+,22-/m1/s1. The van der Waals surface area contributed by atoms with E-state index in [-0.39, 0.29) is 23.6 Å². The Bertz CT molecular complexity index is 644. The molecule has 3 N–H and O–H groups in total. The number of esters is 1. The molecule has 0 amide bonds. The predicted octanol–water partition coefficient (Wildman–Crippen LogP) is 3.93. The molecule has 0 bridgehead atoms. The molecule has 7 heteroatoms. The predicted molar refractivity (Wildman–Crippen MR) is 116 cm³/mol. The third kappa shape index (κ3) is 8.53. The monoisotopic (exact) mass is 442 g/mol. The molecule has 1 aliphatic rings. The zero-order valence-corrected chi connectivity index (χ0v) is 18.5. The number of benzene rings is 1. The fourth-order valence-electron chi connectivity index (χ4n) is 4.30. The molecule has 1 aromatic carbocycles. The molecule has 0 heterocycles. The van der Waals surface area contributed by atoms with Gasteiger partial charge in [0, 0.05) is 17.1 Å². The maximum Gasteiger partial charge on any atom is 0.305 e. The van der Waals surface area contributed by atoms with Gasteiger partial charge in [-0.3, -0.25) is 4.79 Å². The number of methoxy groups -OCH3 is 1. The van der Waals surface area contributed by atoms with Crippen molar-refractivity contribution in [2.45, 2.75) is 81.0 Å². The lowest BCUT2D eigenvalue weighted by Gasteiger charge is -2.24. The zero-order valence-electron chi connectivity index (χ0n) is 17.7. The van der Waals surface area contributed by atoms with E-state index in [1.54, 1.807) is 6.07 Å². The van der Waals surface area contributed by atoms with Crippen molar-refractivity contribution in [3.05, 3.63) is 30.1 Å². The van der Waals surface area contributed by atoms with Gasteiger partial charge < -0.3 is 20.1 Å². The second-order valence-electron chi connectivity index (χ2n) is 8.23. The molecule has 5 nitrogen and oxygen atoms in total. The van der Waals surface area contributed by atoms with Gasteiger partial charge in [-0.15, -0.1) is 11.8 Å². The van der Waals surface area contributed by atoms with E-state index in [1.165, 1.54) is 31.0 Å². The van der Waals surface area contributed by atoms with Gasteiger partial charge in [0.25, 0.3) is 0 Å². The molecule has 1 saturated carbocycles. The van der Waals surface area contributed by atoms with Crippen LogP contribution in [0.1, 0.15) is 57.8 Å². The van der Waals surface area contributed by atoms with Crippen LogP contribution in [0.2, 0.25) is 0 Å². The van der Waals surface area contributed by atoms with Crippen LogP contribution < -0.4 is 0 Å². The van der Waals surface area contributed by atoms with Crippen LogP contribution in [0.15, 0.2) is 29.2 Å². The molecule has 1 aliphatic carbocycles. The molecular formula is C23H35FO5S. The smallest absolute Gasteiger partial charge is 0.305 e. The van der Waals surface area contributed by atoms with Gasteiger partial charge in [-0.1, -0.05) is 25.3 Å². The van der Waals surface area contributed by atoms with E-state index in [2.05, 4.69) is 4.74 Å². The van der Waals surface area contributed by atoms with E-state index >= 15 is 0 Å². The highest BCUT2D eigenvalue weighted by Crippen LogP contribution is 2.39. The number of carbonyl (C=O) groups excluding carboxylic acids is 1. The first-order valence-electron chi connectivity index (χ1n) is 10.9. The maximum atomic E-state index is 13.2. The van der Waals surface area contributed by atoms with Gasteiger partial charge in [-0.25, -0.2) is 4.39 Å². The Labute approximate surface area is 183 Å². The SMILES string of the molecule is COC(=O)CCCCCC[C@@H]1[C@@H](CCC(O)CSc2cccc(F)c2)[C@H](O)C[C@@H]1O. The van der Waals surface area contributed by atoms with Gasteiger partial charge in [-0.2, -0.15) is 0 Å². The van der Waals surface area contributed by atoms with E-state index in [9.17, 15) is 24.5 Å². The van der Waals surface area contributed by atoms with Crippen LogP contribution in [0, 0.1) is 17.7 Å². The highest BCUT2D eigenvalue weighted by atomic mass is 32.2. The molecule has 0 spiro atoms. The Kier molecular flexibility index (Phi) is 11.1. The number of thioether (sulfide) groups is 1. The van der Waals surface area contributed by atoms with Crippen LogP contribution >= 0.6 is 11.8 Å². The summed E-state index contributed by atoms with van der Waals surface area (Å²) in [6.07, 6.45) is 5.00. The number of hydrogen-bond donors (Lipinski definition) is 3. The summed E-state index contributed by atoms with van der Waals surface area (Å²) in [5.74, 6) is 0.0384. The minimum absolute atomic E-state index is 0.0103. The van der Waals surface area contributed by atoms with Crippen LogP contribution in [0.3, 0.4) is 0 Å². The van der Waals surface area contributed by atoms with Crippen molar-refractivity contribution in [1.82, 2.24) is 0 Å². The van der Waals surface area contributed by atoms with E-state index in [0.717, 1.165) is 37.0 Å². The normalized spacial score (nSPS) is 24.7. The zero-order chi connectivity index (χ0) is 21.9. The third-order valence-electron chi connectivity index (χ3n) is 5.99. The van der Waals surface area contributed by atoms with Crippen LogP contribution in [0.25, 0.3) is 0 Å². The molecule has 5 atom stereocenters. The van der Waals surface area contributed by atoms with Gasteiger partial charge in [0.05, 0.1) is 25.4 Å².